The van der Waals surface area contributed by atoms with Gasteiger partial charge in [0.15, 0.2) is 5.82 Å². The molecule has 2 aliphatic rings. The molecule has 0 aliphatic carbocycles. The van der Waals surface area contributed by atoms with Crippen molar-refractivity contribution in [2.24, 2.45) is 5.41 Å². The molecule has 38 heavy (non-hydrogen) atoms. The minimum Gasteiger partial charge on any atom is -0.366 e. The zero-order valence-corrected chi connectivity index (χ0v) is 24.0. The second-order valence-electron chi connectivity index (χ2n) is 11.3. The number of aryl methyl sites for hydroxylation is 1. The lowest BCUT2D eigenvalue weighted by Gasteiger charge is -2.35. The maximum absolute atomic E-state index is 13.7. The van der Waals surface area contributed by atoms with Crippen LogP contribution in [0, 0.1) is 12.3 Å². The fraction of sp³-hybridized carbons (Fsp3) is 0.484. The van der Waals surface area contributed by atoms with Gasteiger partial charge in [0.05, 0.1) is 17.4 Å². The fourth-order valence-corrected chi connectivity index (χ4v) is 5.51. The van der Waals surface area contributed by atoms with Crippen molar-refractivity contribution < 1.29 is 4.79 Å². The Morgan fingerprint density at radius 3 is 2.58 bits per heavy atom. The van der Waals surface area contributed by atoms with Crippen molar-refractivity contribution in [2.75, 3.05) is 28.2 Å². The summed E-state index contributed by atoms with van der Waals surface area (Å²) < 4.78 is 0. The summed E-state index contributed by atoms with van der Waals surface area (Å²) in [6.45, 7) is 16.8. The smallest absolute Gasteiger partial charge is 0.329 e. The van der Waals surface area contributed by atoms with Crippen LogP contribution in [0.15, 0.2) is 48.8 Å². The molecule has 2 unspecified atom stereocenters. The summed E-state index contributed by atoms with van der Waals surface area (Å²) in [4.78, 5) is 31.7. The van der Waals surface area contributed by atoms with E-state index in [0.29, 0.717) is 17.6 Å². The van der Waals surface area contributed by atoms with E-state index >= 15 is 0 Å². The van der Waals surface area contributed by atoms with E-state index in [1.165, 1.54) is 5.56 Å². The minimum absolute atomic E-state index is 0.0897. The highest BCUT2D eigenvalue weighted by atomic mass is 16.2. The van der Waals surface area contributed by atoms with Crippen molar-refractivity contribution in [3.05, 3.63) is 60.0 Å². The molecular formula is C31H42N6O. The van der Waals surface area contributed by atoms with Crippen molar-refractivity contribution in [1.82, 2.24) is 15.0 Å². The molecule has 2 amide bonds. The average Bonchev–Trinajstić information content (AvgIpc) is 3.32. The van der Waals surface area contributed by atoms with E-state index in [1.54, 1.807) is 12.4 Å². The summed E-state index contributed by atoms with van der Waals surface area (Å²) >= 11 is 0. The lowest BCUT2D eigenvalue weighted by Crippen LogP contribution is -2.48. The van der Waals surface area contributed by atoms with Crippen LogP contribution in [0.2, 0.25) is 0 Å². The molecule has 2 bridgehead atoms. The van der Waals surface area contributed by atoms with E-state index < -0.39 is 0 Å². The van der Waals surface area contributed by atoms with E-state index in [9.17, 15) is 4.79 Å². The first kappa shape index (κ1) is 27.6. The zero-order chi connectivity index (χ0) is 27.4. The van der Waals surface area contributed by atoms with Crippen molar-refractivity contribution >= 4 is 23.4 Å². The summed E-state index contributed by atoms with van der Waals surface area (Å²) in [7, 11) is 0. The number of urea groups is 1. The molecule has 1 N–H and O–H groups in total. The molecule has 2 atom stereocenters. The van der Waals surface area contributed by atoms with Gasteiger partial charge in [-0.3, -0.25) is 15.2 Å². The first-order chi connectivity index (χ1) is 18.2. The lowest BCUT2D eigenvalue weighted by molar-refractivity contribution is 0.254. The third-order valence-electron chi connectivity index (χ3n) is 7.21. The van der Waals surface area contributed by atoms with Crippen LogP contribution in [0.3, 0.4) is 0 Å². The number of carbonyl (C=O) groups excluding carboxylic acids is 1. The highest BCUT2D eigenvalue weighted by Gasteiger charge is 2.40. The van der Waals surface area contributed by atoms with E-state index in [4.69, 9.17) is 4.98 Å². The minimum atomic E-state index is -0.174. The largest absolute Gasteiger partial charge is 0.366 e. The number of nitrogens with zero attached hydrogens (tertiary/aromatic N) is 5. The standard InChI is InChI=1S/C29H36N6O.C2H6/c1-6-20(17-29(3,4)5)21-9-13-31-26(16-21)33-28(36)35-23-11-14-34(18-23)25-8-7-24(32-27(25)35)22-10-12-30-19(2)15-22;1-2/h7-10,12-13,15-16,20,23H,6,11,14,17-18H2,1-5H3,(H,31,33,36);1-2H3. The third kappa shape index (κ3) is 5.98. The van der Waals surface area contributed by atoms with E-state index in [0.717, 1.165) is 55.0 Å². The van der Waals surface area contributed by atoms with Gasteiger partial charge in [-0.1, -0.05) is 41.5 Å². The quantitative estimate of drug-likeness (QED) is 0.383. The van der Waals surface area contributed by atoms with Crippen molar-refractivity contribution in [2.45, 2.75) is 79.7 Å². The lowest BCUT2D eigenvalue weighted by atomic mass is 9.80. The summed E-state index contributed by atoms with van der Waals surface area (Å²) in [5, 5.41) is 3.09. The predicted molar refractivity (Wildman–Crippen MR) is 157 cm³/mol. The number of carbonyl (C=O) groups is 1. The van der Waals surface area contributed by atoms with E-state index in [1.807, 2.05) is 49.9 Å². The molecule has 3 aromatic heterocycles. The monoisotopic (exact) mass is 514 g/mol. The molecule has 7 nitrogen and oxygen atoms in total. The maximum Gasteiger partial charge on any atom is 0.329 e. The summed E-state index contributed by atoms with van der Waals surface area (Å²) in [5.41, 5.74) is 5.23. The molecule has 0 aromatic carbocycles. The molecule has 3 aromatic rings. The van der Waals surface area contributed by atoms with Gasteiger partial charge in [-0.15, -0.1) is 0 Å². The first-order valence-electron chi connectivity index (χ1n) is 14.0. The van der Waals surface area contributed by atoms with Crippen LogP contribution in [0.5, 0.6) is 0 Å². The zero-order valence-electron chi connectivity index (χ0n) is 24.0. The highest BCUT2D eigenvalue weighted by molar-refractivity contribution is 6.04. The molecular weight excluding hydrogens is 472 g/mol. The number of nitrogens with one attached hydrogen (secondary N) is 1. The number of pyridine rings is 3. The molecule has 1 fully saturated rings. The Morgan fingerprint density at radius 2 is 1.87 bits per heavy atom. The molecule has 7 heteroatoms. The Kier molecular flexibility index (Phi) is 8.34. The van der Waals surface area contributed by atoms with E-state index in [2.05, 4.69) is 60.0 Å². The first-order valence-corrected chi connectivity index (χ1v) is 14.0. The fourth-order valence-electron chi connectivity index (χ4n) is 5.51. The van der Waals surface area contributed by atoms with Crippen molar-refractivity contribution in [3.63, 3.8) is 0 Å². The highest BCUT2D eigenvalue weighted by Crippen LogP contribution is 2.40. The van der Waals surface area contributed by atoms with Crippen LogP contribution >= 0.6 is 0 Å². The molecule has 0 spiro atoms. The van der Waals surface area contributed by atoms with E-state index in [-0.39, 0.29) is 17.5 Å². The number of fused-ring (bicyclic) bond motifs is 4. The van der Waals surface area contributed by atoms with Crippen LogP contribution < -0.4 is 15.1 Å². The van der Waals surface area contributed by atoms with Crippen LogP contribution in [0.1, 0.15) is 78.0 Å². The third-order valence-corrected chi connectivity index (χ3v) is 7.21. The van der Waals surface area contributed by atoms with Gasteiger partial charge >= 0.3 is 6.03 Å². The number of amides is 2. The van der Waals surface area contributed by atoms with Gasteiger partial charge in [-0.05, 0) is 79.5 Å². The van der Waals surface area contributed by atoms with Gasteiger partial charge in [-0.2, -0.15) is 0 Å². The second-order valence-corrected chi connectivity index (χ2v) is 11.3. The van der Waals surface area contributed by atoms with Gasteiger partial charge in [0.25, 0.3) is 0 Å². The topological polar surface area (TPSA) is 74.2 Å². The molecule has 0 saturated carbocycles. The van der Waals surface area contributed by atoms with Crippen LogP contribution in [0.4, 0.5) is 22.1 Å². The Labute approximate surface area is 227 Å². The molecule has 5 heterocycles. The Hall–Kier alpha value is -3.48. The summed E-state index contributed by atoms with van der Waals surface area (Å²) in [6, 6.07) is 12.1. The molecule has 1 saturated heterocycles. The SMILES string of the molecule is CC.CCC(CC(C)(C)C)c1ccnc(NC(=O)N2c3nc(-c4ccnc(C)c4)ccc3N3CCC2C3)c1. The van der Waals surface area contributed by atoms with Crippen molar-refractivity contribution in [3.8, 4) is 11.3 Å². The van der Waals surface area contributed by atoms with Gasteiger partial charge in [-0.25, -0.2) is 14.8 Å². The number of rotatable bonds is 5. The summed E-state index contributed by atoms with van der Waals surface area (Å²) in [6.07, 6.45) is 6.66. The Balaban J connectivity index is 0.00000164. The maximum atomic E-state index is 13.7. The second kappa shape index (κ2) is 11.5. The number of aromatic nitrogens is 3. The molecule has 2 aliphatic heterocycles. The molecule has 0 radical (unpaired) electrons. The van der Waals surface area contributed by atoms with Crippen molar-refractivity contribution in [1.29, 1.82) is 0 Å². The number of anilines is 3. The van der Waals surface area contributed by atoms with Crippen LogP contribution in [-0.4, -0.2) is 40.1 Å². The average molecular weight is 515 g/mol. The molecule has 202 valence electrons. The van der Waals surface area contributed by atoms with Crippen LogP contribution in [-0.2, 0) is 0 Å². The number of hydrogen-bond donors (Lipinski definition) is 1. The van der Waals surface area contributed by atoms with Gasteiger partial charge in [0.1, 0.15) is 5.82 Å². The summed E-state index contributed by atoms with van der Waals surface area (Å²) in [5.74, 6) is 1.73. The predicted octanol–water partition coefficient (Wildman–Crippen LogP) is 7.43. The number of hydrogen-bond acceptors (Lipinski definition) is 5. The van der Waals surface area contributed by atoms with Gasteiger partial charge in [0.2, 0.25) is 0 Å². The molecule has 5 rings (SSSR count). The Morgan fingerprint density at radius 1 is 1.11 bits per heavy atom. The Bertz CT molecular complexity index is 1270. The van der Waals surface area contributed by atoms with Gasteiger partial charge in [0, 0.05) is 36.7 Å². The van der Waals surface area contributed by atoms with Crippen LogP contribution in [0.25, 0.3) is 11.3 Å². The normalized spacial score (nSPS) is 16.9. The van der Waals surface area contributed by atoms with Gasteiger partial charge < -0.3 is 4.90 Å².